The third kappa shape index (κ3) is 1.01. The Morgan fingerprint density at radius 2 is 2.00 bits per heavy atom. The van der Waals surface area contributed by atoms with E-state index in [1.165, 1.54) is 6.42 Å². The summed E-state index contributed by atoms with van der Waals surface area (Å²) < 4.78 is 0. The summed E-state index contributed by atoms with van der Waals surface area (Å²) in [6, 6.07) is 0. The molecule has 0 amide bonds. The fraction of sp³-hybridized carbons (Fsp3) is 1.00. The molecule has 0 N–H and O–H groups in total. The van der Waals surface area contributed by atoms with Crippen LogP contribution < -0.4 is 0 Å². The smallest absolute Gasteiger partial charge is 0.0289 e. The van der Waals surface area contributed by atoms with Crippen molar-refractivity contribution in [2.45, 2.75) is 59.3 Å². The van der Waals surface area contributed by atoms with Crippen molar-refractivity contribution in [1.29, 1.82) is 0 Å². The summed E-state index contributed by atoms with van der Waals surface area (Å²) in [7, 11) is 0. The Hall–Kier alpha value is 0. The molecule has 4 bridgehead atoms. The van der Waals surface area contributed by atoms with E-state index in [1.54, 1.807) is 32.1 Å². The quantitative estimate of drug-likeness (QED) is 0.582. The van der Waals surface area contributed by atoms with Crippen molar-refractivity contribution in [3.8, 4) is 0 Å². The minimum atomic E-state index is 0.722. The monoisotopic (exact) mass is 192 g/mol. The summed E-state index contributed by atoms with van der Waals surface area (Å²) in [5.41, 5.74) is 1.51. The first-order valence-corrected chi connectivity index (χ1v) is 6.57. The molecule has 0 radical (unpaired) electrons. The van der Waals surface area contributed by atoms with E-state index in [4.69, 9.17) is 0 Å². The molecule has 5 unspecified atom stereocenters. The van der Waals surface area contributed by atoms with Gasteiger partial charge in [0.05, 0.1) is 0 Å². The lowest BCUT2D eigenvalue weighted by Gasteiger charge is -2.64. The minimum absolute atomic E-state index is 0.722. The van der Waals surface area contributed by atoms with Crippen molar-refractivity contribution < 1.29 is 0 Å². The van der Waals surface area contributed by atoms with Gasteiger partial charge in [0.1, 0.15) is 0 Å². The van der Waals surface area contributed by atoms with Gasteiger partial charge in [-0.15, -0.1) is 0 Å². The summed E-state index contributed by atoms with van der Waals surface area (Å²) in [4.78, 5) is 0. The van der Waals surface area contributed by atoms with Crippen molar-refractivity contribution in [1.82, 2.24) is 0 Å². The largest absolute Gasteiger partial charge is 0.0649 e. The Bertz CT molecular complexity index is 251. The van der Waals surface area contributed by atoms with Gasteiger partial charge in [0.25, 0.3) is 0 Å². The van der Waals surface area contributed by atoms with E-state index in [-0.39, 0.29) is 0 Å². The predicted octanol–water partition coefficient (Wildman–Crippen LogP) is 4.25. The Balaban J connectivity index is 1.98. The lowest BCUT2D eigenvalue weighted by Crippen LogP contribution is -2.55. The van der Waals surface area contributed by atoms with Crippen molar-refractivity contribution in [3.05, 3.63) is 0 Å². The van der Waals surface area contributed by atoms with Gasteiger partial charge < -0.3 is 0 Å². The zero-order chi connectivity index (χ0) is 9.97. The van der Waals surface area contributed by atoms with Crippen LogP contribution in [0.3, 0.4) is 0 Å². The topological polar surface area (TPSA) is 0 Å². The Labute approximate surface area is 88.5 Å². The van der Waals surface area contributed by atoms with E-state index in [1.807, 2.05) is 0 Å². The van der Waals surface area contributed by atoms with Crippen LogP contribution >= 0.6 is 0 Å². The molecule has 0 aliphatic heterocycles. The SMILES string of the molecule is CCC12CC3CC(C1)C(C)C(C)(C3)C2. The third-order valence-electron chi connectivity index (χ3n) is 6.14. The molecule has 5 atom stereocenters. The minimum Gasteiger partial charge on any atom is -0.0649 e. The molecular formula is C14H24. The average molecular weight is 192 g/mol. The second-order valence-electron chi connectivity index (χ2n) is 6.95. The molecule has 4 aliphatic rings. The van der Waals surface area contributed by atoms with Gasteiger partial charge in [-0.25, -0.2) is 0 Å². The molecule has 4 saturated carbocycles. The van der Waals surface area contributed by atoms with Crippen molar-refractivity contribution in [2.75, 3.05) is 0 Å². The zero-order valence-electron chi connectivity index (χ0n) is 9.97. The fourth-order valence-corrected chi connectivity index (χ4v) is 5.45. The van der Waals surface area contributed by atoms with Gasteiger partial charge in [-0.3, -0.25) is 0 Å². The van der Waals surface area contributed by atoms with Crippen LogP contribution in [0.2, 0.25) is 0 Å². The molecule has 0 heterocycles. The third-order valence-corrected chi connectivity index (χ3v) is 6.14. The first-order valence-electron chi connectivity index (χ1n) is 6.57. The van der Waals surface area contributed by atoms with Gasteiger partial charge in [0.2, 0.25) is 0 Å². The summed E-state index contributed by atoms with van der Waals surface area (Å²) in [6.45, 7) is 7.55. The predicted molar refractivity (Wildman–Crippen MR) is 60.1 cm³/mol. The van der Waals surface area contributed by atoms with Crippen LogP contribution in [0.25, 0.3) is 0 Å². The van der Waals surface area contributed by atoms with Crippen LogP contribution in [-0.4, -0.2) is 0 Å². The summed E-state index contributed by atoms with van der Waals surface area (Å²) in [5, 5.41) is 0. The van der Waals surface area contributed by atoms with Crippen LogP contribution in [-0.2, 0) is 0 Å². The summed E-state index contributed by atoms with van der Waals surface area (Å²) >= 11 is 0. The maximum atomic E-state index is 2.58. The molecular weight excluding hydrogens is 168 g/mol. The second kappa shape index (κ2) is 2.57. The van der Waals surface area contributed by atoms with Crippen LogP contribution in [0.5, 0.6) is 0 Å². The van der Waals surface area contributed by atoms with Gasteiger partial charge in [0, 0.05) is 0 Å². The van der Waals surface area contributed by atoms with Crippen molar-refractivity contribution >= 4 is 0 Å². The van der Waals surface area contributed by atoms with Crippen molar-refractivity contribution in [3.63, 3.8) is 0 Å². The van der Waals surface area contributed by atoms with Crippen LogP contribution in [0.1, 0.15) is 59.3 Å². The zero-order valence-corrected chi connectivity index (χ0v) is 9.97. The van der Waals surface area contributed by atoms with Crippen LogP contribution in [0, 0.1) is 28.6 Å². The highest BCUT2D eigenvalue weighted by molar-refractivity contribution is 5.08. The molecule has 4 aliphatic carbocycles. The molecule has 0 nitrogen and oxygen atoms in total. The van der Waals surface area contributed by atoms with E-state index in [0.29, 0.717) is 0 Å². The maximum absolute atomic E-state index is 2.58. The molecule has 0 heteroatoms. The molecule has 0 aromatic heterocycles. The highest BCUT2D eigenvalue weighted by Gasteiger charge is 2.58. The van der Waals surface area contributed by atoms with Gasteiger partial charge in [-0.1, -0.05) is 27.2 Å². The van der Waals surface area contributed by atoms with E-state index < -0.39 is 0 Å². The molecule has 14 heavy (non-hydrogen) atoms. The van der Waals surface area contributed by atoms with Crippen LogP contribution in [0.15, 0.2) is 0 Å². The molecule has 0 aromatic rings. The summed E-state index contributed by atoms with van der Waals surface area (Å²) in [6.07, 6.45) is 9.25. The molecule has 0 saturated heterocycles. The molecule has 0 spiro atoms. The average Bonchev–Trinajstić information content (AvgIpc) is 2.12. The number of hydrogen-bond acceptors (Lipinski definition) is 0. The first kappa shape index (κ1) is 9.24. The Kier molecular flexibility index (Phi) is 1.70. The number of hydrogen-bond donors (Lipinski definition) is 0. The molecule has 4 rings (SSSR count). The van der Waals surface area contributed by atoms with Gasteiger partial charge in [-0.2, -0.15) is 0 Å². The maximum Gasteiger partial charge on any atom is -0.0289 e. The highest BCUT2D eigenvalue weighted by atomic mass is 14.6. The van der Waals surface area contributed by atoms with E-state index in [9.17, 15) is 0 Å². The van der Waals surface area contributed by atoms with E-state index >= 15 is 0 Å². The molecule has 4 fully saturated rings. The first-order chi connectivity index (χ1) is 6.57. The number of rotatable bonds is 1. The van der Waals surface area contributed by atoms with Crippen LogP contribution in [0.4, 0.5) is 0 Å². The normalized spacial score (nSPS) is 60.6. The van der Waals surface area contributed by atoms with E-state index in [2.05, 4.69) is 20.8 Å². The van der Waals surface area contributed by atoms with E-state index in [0.717, 1.165) is 28.6 Å². The molecule has 80 valence electrons. The highest BCUT2D eigenvalue weighted by Crippen LogP contribution is 2.68. The lowest BCUT2D eigenvalue weighted by atomic mass is 9.41. The van der Waals surface area contributed by atoms with Gasteiger partial charge >= 0.3 is 0 Å². The molecule has 0 aromatic carbocycles. The Morgan fingerprint density at radius 3 is 2.64 bits per heavy atom. The van der Waals surface area contributed by atoms with Crippen molar-refractivity contribution in [2.24, 2.45) is 28.6 Å². The van der Waals surface area contributed by atoms with Gasteiger partial charge in [0.15, 0.2) is 0 Å². The standard InChI is InChI=1S/C14H24/c1-4-14-7-11-5-12(8-14)10(2)13(3,6-11)9-14/h10-12H,4-9H2,1-3H3. The lowest BCUT2D eigenvalue weighted by molar-refractivity contribution is -0.142. The second-order valence-corrected chi connectivity index (χ2v) is 6.95. The summed E-state index contributed by atoms with van der Waals surface area (Å²) in [5.74, 6) is 3.20. The van der Waals surface area contributed by atoms with Gasteiger partial charge in [-0.05, 0) is 60.7 Å². The fourth-order valence-electron chi connectivity index (χ4n) is 5.45. The Morgan fingerprint density at radius 1 is 1.21 bits per heavy atom.